The molecule has 1 aromatic rings. The van der Waals surface area contributed by atoms with E-state index in [1.165, 1.54) is 0 Å². The predicted molar refractivity (Wildman–Crippen MR) is 56.2 cm³/mol. The molecule has 0 bridgehead atoms. The quantitative estimate of drug-likeness (QED) is 0.778. The maximum atomic E-state index is 11.6. The van der Waals surface area contributed by atoms with Gasteiger partial charge in [-0.1, -0.05) is 0 Å². The average Bonchev–Trinajstić information content (AvgIpc) is 2.64. The van der Waals surface area contributed by atoms with E-state index in [9.17, 15) is 4.79 Å². The minimum Gasteiger partial charge on any atom is -0.467 e. The molecule has 0 unspecified atom stereocenters. The lowest BCUT2D eigenvalue weighted by Crippen LogP contribution is -2.44. The summed E-state index contributed by atoms with van der Waals surface area (Å²) in [5, 5.41) is 6.07. The SMILES string of the molecule is C[C@H](NC(=O)CC1CNC1)c1ccco1. The van der Waals surface area contributed by atoms with Crippen LogP contribution in [0.25, 0.3) is 0 Å². The molecule has 82 valence electrons. The fourth-order valence-electron chi connectivity index (χ4n) is 1.66. The fraction of sp³-hybridized carbons (Fsp3) is 0.545. The van der Waals surface area contributed by atoms with Crippen LogP contribution in [0, 0.1) is 5.92 Å². The van der Waals surface area contributed by atoms with Gasteiger partial charge in [0.1, 0.15) is 5.76 Å². The van der Waals surface area contributed by atoms with Crippen LogP contribution in [0.15, 0.2) is 22.8 Å². The highest BCUT2D eigenvalue weighted by Crippen LogP contribution is 2.14. The van der Waals surface area contributed by atoms with Crippen molar-refractivity contribution in [2.75, 3.05) is 13.1 Å². The normalized spacial score (nSPS) is 18.2. The van der Waals surface area contributed by atoms with Gasteiger partial charge in [-0.2, -0.15) is 0 Å². The van der Waals surface area contributed by atoms with Crippen molar-refractivity contribution >= 4 is 5.91 Å². The maximum absolute atomic E-state index is 11.6. The van der Waals surface area contributed by atoms with Crippen LogP contribution in [0.3, 0.4) is 0 Å². The fourth-order valence-corrected chi connectivity index (χ4v) is 1.66. The second-order valence-electron chi connectivity index (χ2n) is 4.03. The summed E-state index contributed by atoms with van der Waals surface area (Å²) in [6.45, 7) is 3.85. The number of hydrogen-bond acceptors (Lipinski definition) is 3. The third-order valence-corrected chi connectivity index (χ3v) is 2.69. The predicted octanol–water partition coefficient (Wildman–Crippen LogP) is 1.07. The van der Waals surface area contributed by atoms with E-state index in [0.29, 0.717) is 12.3 Å². The first kappa shape index (κ1) is 10.2. The Morgan fingerprint density at radius 2 is 2.53 bits per heavy atom. The molecule has 2 heterocycles. The molecule has 0 saturated carbocycles. The molecule has 1 saturated heterocycles. The Morgan fingerprint density at radius 3 is 3.07 bits per heavy atom. The lowest BCUT2D eigenvalue weighted by Gasteiger charge is -2.26. The van der Waals surface area contributed by atoms with Crippen LogP contribution < -0.4 is 10.6 Å². The van der Waals surface area contributed by atoms with Gasteiger partial charge in [-0.3, -0.25) is 4.79 Å². The first-order valence-electron chi connectivity index (χ1n) is 5.29. The summed E-state index contributed by atoms with van der Waals surface area (Å²) >= 11 is 0. The third-order valence-electron chi connectivity index (χ3n) is 2.69. The minimum atomic E-state index is -0.0412. The summed E-state index contributed by atoms with van der Waals surface area (Å²) in [5.41, 5.74) is 0. The highest BCUT2D eigenvalue weighted by Gasteiger charge is 2.21. The smallest absolute Gasteiger partial charge is 0.220 e. The standard InChI is InChI=1S/C11H16N2O2/c1-8(10-3-2-4-15-10)13-11(14)5-9-6-12-7-9/h2-4,8-9,12H,5-7H2,1H3,(H,13,14)/t8-/m0/s1. The Labute approximate surface area is 89.0 Å². The van der Waals surface area contributed by atoms with E-state index in [2.05, 4.69) is 10.6 Å². The molecule has 0 spiro atoms. The van der Waals surface area contributed by atoms with Gasteiger partial charge in [-0.05, 0) is 38.1 Å². The Kier molecular flexibility index (Phi) is 3.06. The largest absolute Gasteiger partial charge is 0.467 e. The van der Waals surface area contributed by atoms with Gasteiger partial charge < -0.3 is 15.1 Å². The lowest BCUT2D eigenvalue weighted by molar-refractivity contribution is -0.123. The Balaban J connectivity index is 1.78. The molecule has 1 atom stereocenters. The molecule has 1 amide bonds. The molecule has 0 aromatic carbocycles. The van der Waals surface area contributed by atoms with Crippen LogP contribution >= 0.6 is 0 Å². The van der Waals surface area contributed by atoms with Crippen LogP contribution in [0.5, 0.6) is 0 Å². The molecule has 1 aliphatic heterocycles. The van der Waals surface area contributed by atoms with Gasteiger partial charge in [0.05, 0.1) is 12.3 Å². The van der Waals surface area contributed by atoms with Crippen LogP contribution in [0.1, 0.15) is 25.1 Å². The van der Waals surface area contributed by atoms with Crippen LogP contribution in [-0.2, 0) is 4.79 Å². The molecular weight excluding hydrogens is 192 g/mol. The third kappa shape index (κ3) is 2.59. The molecule has 2 rings (SSSR count). The van der Waals surface area contributed by atoms with Gasteiger partial charge in [0.25, 0.3) is 0 Å². The monoisotopic (exact) mass is 208 g/mol. The Bertz CT molecular complexity index is 317. The van der Waals surface area contributed by atoms with E-state index in [1.54, 1.807) is 6.26 Å². The summed E-state index contributed by atoms with van der Waals surface area (Å²) in [5.74, 6) is 1.41. The van der Waals surface area contributed by atoms with Gasteiger partial charge >= 0.3 is 0 Å². The van der Waals surface area contributed by atoms with Crippen molar-refractivity contribution in [3.05, 3.63) is 24.2 Å². The number of furan rings is 1. The molecule has 15 heavy (non-hydrogen) atoms. The van der Waals surface area contributed by atoms with E-state index in [4.69, 9.17) is 4.42 Å². The molecule has 0 radical (unpaired) electrons. The molecule has 1 fully saturated rings. The van der Waals surface area contributed by atoms with E-state index in [1.807, 2.05) is 19.1 Å². The second kappa shape index (κ2) is 4.49. The molecule has 1 aromatic heterocycles. The maximum Gasteiger partial charge on any atom is 0.220 e. The highest BCUT2D eigenvalue weighted by atomic mass is 16.3. The Morgan fingerprint density at radius 1 is 1.73 bits per heavy atom. The molecular formula is C11H16N2O2. The van der Waals surface area contributed by atoms with Crippen LogP contribution in [0.4, 0.5) is 0 Å². The van der Waals surface area contributed by atoms with Gasteiger partial charge in [0.15, 0.2) is 0 Å². The first-order valence-corrected chi connectivity index (χ1v) is 5.29. The van der Waals surface area contributed by atoms with Crippen molar-refractivity contribution in [1.29, 1.82) is 0 Å². The topological polar surface area (TPSA) is 54.3 Å². The second-order valence-corrected chi connectivity index (χ2v) is 4.03. The number of amides is 1. The van der Waals surface area contributed by atoms with Gasteiger partial charge in [0, 0.05) is 6.42 Å². The number of carbonyl (C=O) groups excluding carboxylic acids is 1. The van der Waals surface area contributed by atoms with Gasteiger partial charge in [-0.15, -0.1) is 0 Å². The first-order chi connectivity index (χ1) is 7.25. The minimum absolute atomic E-state index is 0.0412. The summed E-state index contributed by atoms with van der Waals surface area (Å²) in [6.07, 6.45) is 2.23. The van der Waals surface area contributed by atoms with Crippen LogP contribution in [-0.4, -0.2) is 19.0 Å². The zero-order valence-electron chi connectivity index (χ0n) is 8.82. The van der Waals surface area contributed by atoms with E-state index in [0.717, 1.165) is 18.8 Å². The molecule has 4 nitrogen and oxygen atoms in total. The molecule has 0 aliphatic carbocycles. The summed E-state index contributed by atoms with van der Waals surface area (Å²) in [4.78, 5) is 11.6. The van der Waals surface area contributed by atoms with Crippen molar-refractivity contribution in [2.45, 2.75) is 19.4 Å². The lowest BCUT2D eigenvalue weighted by atomic mass is 9.99. The van der Waals surface area contributed by atoms with E-state index < -0.39 is 0 Å². The van der Waals surface area contributed by atoms with Gasteiger partial charge in [-0.25, -0.2) is 0 Å². The zero-order chi connectivity index (χ0) is 10.7. The molecule has 1 aliphatic rings. The van der Waals surface area contributed by atoms with Crippen molar-refractivity contribution in [3.8, 4) is 0 Å². The van der Waals surface area contributed by atoms with Gasteiger partial charge in [0.2, 0.25) is 5.91 Å². The molecule has 4 heteroatoms. The summed E-state index contributed by atoms with van der Waals surface area (Å²) in [7, 11) is 0. The van der Waals surface area contributed by atoms with Crippen LogP contribution in [0.2, 0.25) is 0 Å². The number of hydrogen-bond donors (Lipinski definition) is 2. The average molecular weight is 208 g/mol. The summed E-state index contributed by atoms with van der Waals surface area (Å²) in [6, 6.07) is 3.66. The number of carbonyl (C=O) groups is 1. The highest BCUT2D eigenvalue weighted by molar-refractivity contribution is 5.76. The zero-order valence-corrected chi connectivity index (χ0v) is 8.82. The summed E-state index contributed by atoms with van der Waals surface area (Å²) < 4.78 is 5.21. The van der Waals surface area contributed by atoms with Crippen molar-refractivity contribution < 1.29 is 9.21 Å². The van der Waals surface area contributed by atoms with Crippen molar-refractivity contribution in [3.63, 3.8) is 0 Å². The number of rotatable bonds is 4. The van der Waals surface area contributed by atoms with E-state index in [-0.39, 0.29) is 11.9 Å². The molecule has 2 N–H and O–H groups in total. The van der Waals surface area contributed by atoms with Crippen molar-refractivity contribution in [1.82, 2.24) is 10.6 Å². The Hall–Kier alpha value is -1.29. The van der Waals surface area contributed by atoms with Crippen molar-refractivity contribution in [2.24, 2.45) is 5.92 Å². The number of nitrogens with one attached hydrogen (secondary N) is 2. The van der Waals surface area contributed by atoms with E-state index >= 15 is 0 Å².